The van der Waals surface area contributed by atoms with Crippen LogP contribution in [0.1, 0.15) is 49.9 Å². The number of benzene rings is 8. The van der Waals surface area contributed by atoms with Gasteiger partial charge in [-0.1, -0.05) is 173 Å². The van der Waals surface area contributed by atoms with Gasteiger partial charge in [0.1, 0.15) is 0 Å². The Kier molecular flexibility index (Phi) is 8.91. The van der Waals surface area contributed by atoms with Crippen molar-refractivity contribution in [2.75, 3.05) is 4.90 Å². The van der Waals surface area contributed by atoms with E-state index in [1.807, 2.05) is 11.3 Å². The molecule has 1 aromatic heterocycles. The molecule has 1 heterocycles. The van der Waals surface area contributed by atoms with Gasteiger partial charge in [-0.25, -0.2) is 0 Å². The fourth-order valence-electron chi connectivity index (χ4n) is 9.32. The average Bonchev–Trinajstić information content (AvgIpc) is 3.65. The largest absolute Gasteiger partial charge is 0.310 e. The van der Waals surface area contributed by atoms with Crippen LogP contribution in [-0.4, -0.2) is 0 Å². The summed E-state index contributed by atoms with van der Waals surface area (Å²) < 4.78 is 2.59. The van der Waals surface area contributed by atoms with E-state index in [1.165, 1.54) is 69.5 Å². The zero-order chi connectivity index (χ0) is 39.6. The minimum Gasteiger partial charge on any atom is -0.310 e. The van der Waals surface area contributed by atoms with Gasteiger partial charge in [0, 0.05) is 59.4 Å². The van der Waals surface area contributed by atoms with Crippen molar-refractivity contribution in [1.82, 2.24) is 0 Å². The Bertz CT molecular complexity index is 2940. The molecule has 0 unspecified atom stereocenters. The molecule has 58 heavy (non-hydrogen) atoms. The predicted molar refractivity (Wildman–Crippen MR) is 256 cm³/mol. The van der Waals surface area contributed by atoms with E-state index in [1.54, 1.807) is 0 Å². The highest BCUT2D eigenvalue weighted by molar-refractivity contribution is 8.25. The number of hydrogen-bond acceptors (Lipinski definition) is 3. The minimum absolute atomic E-state index is 0.228. The molecule has 0 radical (unpaired) electrons. The minimum atomic E-state index is -2.46. The van der Waals surface area contributed by atoms with E-state index in [-0.39, 0.29) is 10.8 Å². The van der Waals surface area contributed by atoms with Gasteiger partial charge in [0.25, 0.3) is 0 Å². The molecule has 8 aromatic carbocycles. The second-order valence-electron chi connectivity index (χ2n) is 16.5. The smallest absolute Gasteiger partial charge is 0.0464 e. The third-order valence-corrected chi connectivity index (χ3v) is 18.7. The number of para-hydroxylation sites is 2. The van der Waals surface area contributed by atoms with Crippen LogP contribution in [0.25, 0.3) is 31.3 Å². The fraction of sp³-hybridized carbons (Fsp3) is 0.111. The molecule has 4 heteroatoms. The van der Waals surface area contributed by atoms with E-state index in [9.17, 15) is 0 Å². The topological polar surface area (TPSA) is 3.24 Å². The Morgan fingerprint density at radius 1 is 0.431 bits per heavy atom. The van der Waals surface area contributed by atoms with Gasteiger partial charge in [-0.15, -0.1) is 11.3 Å². The molecular weight excluding hydrogens is 758 g/mol. The zero-order valence-electron chi connectivity index (χ0n) is 33.2. The van der Waals surface area contributed by atoms with E-state index in [2.05, 4.69) is 227 Å². The van der Waals surface area contributed by atoms with Crippen molar-refractivity contribution < 1.29 is 0 Å². The van der Waals surface area contributed by atoms with Crippen molar-refractivity contribution in [2.24, 2.45) is 0 Å². The van der Waals surface area contributed by atoms with E-state index >= 15 is 0 Å². The van der Waals surface area contributed by atoms with Crippen molar-refractivity contribution in [2.45, 2.75) is 38.5 Å². The lowest BCUT2D eigenvalue weighted by atomic mass is 9.59. The molecule has 0 fully saturated rings. The van der Waals surface area contributed by atoms with Gasteiger partial charge in [-0.05, 0) is 105 Å². The van der Waals surface area contributed by atoms with Crippen LogP contribution in [0.2, 0.25) is 0 Å². The Labute approximate surface area is 351 Å². The van der Waals surface area contributed by atoms with Crippen molar-refractivity contribution >= 4 is 82.3 Å². The van der Waals surface area contributed by atoms with E-state index in [4.69, 9.17) is 11.8 Å². The molecule has 0 atom stereocenters. The molecule has 0 amide bonds. The summed E-state index contributed by atoms with van der Waals surface area (Å²) >= 11 is 8.94. The zero-order valence-corrected chi connectivity index (χ0v) is 35.7. The monoisotopic (exact) mass is 801 g/mol. The third-order valence-electron chi connectivity index (χ3n) is 12.4. The van der Waals surface area contributed by atoms with Crippen molar-refractivity contribution in [3.05, 3.63) is 216 Å². The first-order valence-electron chi connectivity index (χ1n) is 20.0. The first-order valence-corrected chi connectivity index (χ1v) is 23.7. The maximum atomic E-state index is 7.06. The number of rotatable bonds is 7. The molecule has 9 aromatic rings. The molecule has 0 saturated carbocycles. The third kappa shape index (κ3) is 5.83. The molecule has 10 rings (SSSR count). The number of nitrogens with zero attached hydrogens (tertiary/aromatic N) is 1. The van der Waals surface area contributed by atoms with E-state index in [0.717, 1.165) is 17.1 Å². The lowest BCUT2D eigenvalue weighted by molar-refractivity contribution is 0.521. The SMILES string of the molecule is CC1(C)c2ccc(N(c3ccccc3)c3ccccc3)cc2C(C)(C)c2ccc(-c3cc(P(=S)(c4ccccc4)c4ccccc4)c4sc5ccccc5c4c3)cc21. The molecular formula is C54H44NPS2. The predicted octanol–water partition coefficient (Wildman–Crippen LogP) is 13.9. The summed E-state index contributed by atoms with van der Waals surface area (Å²) in [6, 6.07) is 68.8. The van der Waals surface area contributed by atoms with Crippen LogP contribution in [0.3, 0.4) is 0 Å². The second kappa shape index (κ2) is 14.1. The summed E-state index contributed by atoms with van der Waals surface area (Å²) in [4.78, 5) is 2.37. The van der Waals surface area contributed by atoms with E-state index < -0.39 is 6.04 Å². The van der Waals surface area contributed by atoms with Crippen LogP contribution in [-0.2, 0) is 22.6 Å². The highest BCUT2D eigenvalue weighted by Crippen LogP contribution is 2.53. The maximum absolute atomic E-state index is 7.06. The highest BCUT2D eigenvalue weighted by atomic mass is 32.4. The van der Waals surface area contributed by atoms with Gasteiger partial charge in [0.05, 0.1) is 0 Å². The number of fused-ring (bicyclic) bond motifs is 5. The summed E-state index contributed by atoms with van der Waals surface area (Å²) in [5.41, 5.74) is 10.9. The lowest BCUT2D eigenvalue weighted by Crippen LogP contribution is -2.36. The van der Waals surface area contributed by atoms with Gasteiger partial charge in [0.2, 0.25) is 0 Å². The summed E-state index contributed by atoms with van der Waals surface area (Å²) in [5, 5.41) is 6.28. The molecule has 0 spiro atoms. The molecule has 0 aliphatic heterocycles. The lowest BCUT2D eigenvalue weighted by Gasteiger charge is -2.44. The van der Waals surface area contributed by atoms with Gasteiger partial charge in [-0.3, -0.25) is 0 Å². The molecule has 1 aliphatic carbocycles. The van der Waals surface area contributed by atoms with Crippen molar-refractivity contribution in [1.29, 1.82) is 0 Å². The van der Waals surface area contributed by atoms with Crippen LogP contribution in [0.15, 0.2) is 194 Å². The van der Waals surface area contributed by atoms with Gasteiger partial charge >= 0.3 is 0 Å². The summed E-state index contributed by atoms with van der Waals surface area (Å²) in [6.07, 6.45) is 0. The standard InChI is InChI=1S/C54H44NPS2/c1-53(2)47-32-30-41(55(39-19-9-5-10-20-39)40-21-11-6-12-22-40)36-49(47)54(3,4)46-31-29-37(34-48(46)53)38-33-45-44-27-17-18-28-51(44)58-52(45)50(35-38)56(57,42-23-13-7-14-24-42)43-25-15-8-16-26-43/h5-36H,1-4H3. The Hall–Kier alpha value is -5.57. The molecule has 0 saturated heterocycles. The molecule has 282 valence electrons. The quantitative estimate of drug-likeness (QED) is 0.148. The second-order valence-corrected chi connectivity index (χ2v) is 21.9. The van der Waals surface area contributed by atoms with Gasteiger partial charge in [0.15, 0.2) is 0 Å². The maximum Gasteiger partial charge on any atom is 0.0464 e. The normalized spacial score (nSPS) is 14.2. The number of thiophene rings is 1. The van der Waals surface area contributed by atoms with Crippen LogP contribution in [0.5, 0.6) is 0 Å². The summed E-state index contributed by atoms with van der Waals surface area (Å²) in [6.45, 7) is 9.61. The highest BCUT2D eigenvalue weighted by Gasteiger charge is 2.42. The van der Waals surface area contributed by atoms with Gasteiger partial charge in [-0.2, -0.15) is 0 Å². The molecule has 1 nitrogen and oxygen atoms in total. The van der Waals surface area contributed by atoms with Crippen molar-refractivity contribution in [3.63, 3.8) is 0 Å². The van der Waals surface area contributed by atoms with Crippen LogP contribution < -0.4 is 20.8 Å². The van der Waals surface area contributed by atoms with Crippen LogP contribution in [0.4, 0.5) is 17.1 Å². The number of anilines is 3. The van der Waals surface area contributed by atoms with Crippen LogP contribution in [0, 0.1) is 0 Å². The summed E-state index contributed by atoms with van der Waals surface area (Å²) in [5.74, 6) is 0. The fourth-order valence-corrected chi connectivity index (χ4v) is 15.1. The Balaban J connectivity index is 1.16. The first kappa shape index (κ1) is 36.7. The molecule has 1 aliphatic rings. The van der Waals surface area contributed by atoms with Crippen LogP contribution >= 0.6 is 17.4 Å². The molecule has 0 N–H and O–H groups in total. The van der Waals surface area contributed by atoms with Crippen molar-refractivity contribution in [3.8, 4) is 11.1 Å². The summed E-state index contributed by atoms with van der Waals surface area (Å²) in [7, 11) is 0. The average molecular weight is 802 g/mol. The Morgan fingerprint density at radius 3 is 1.52 bits per heavy atom. The van der Waals surface area contributed by atoms with E-state index in [0.29, 0.717) is 0 Å². The Morgan fingerprint density at radius 2 is 0.931 bits per heavy atom. The first-order chi connectivity index (χ1) is 28.2. The number of hydrogen-bond donors (Lipinski definition) is 0. The van der Waals surface area contributed by atoms with Gasteiger partial charge < -0.3 is 4.90 Å². The molecule has 0 bridgehead atoms.